The molecular formula is C32H38N2O5S. The molecule has 0 saturated heterocycles. The second-order valence-electron chi connectivity index (χ2n) is 11.9. The number of carbonyl (C=O) groups excluding carboxylic acids is 4. The molecule has 1 aromatic carbocycles. The molecule has 1 saturated carbocycles. The van der Waals surface area contributed by atoms with Crippen molar-refractivity contribution in [3.05, 3.63) is 51.2 Å². The molecule has 2 aromatic rings. The number of ether oxygens (including phenoxy) is 1. The summed E-state index contributed by atoms with van der Waals surface area (Å²) in [6.45, 7) is 10.3. The topological polar surface area (TPSA) is 84.0 Å². The highest BCUT2D eigenvalue weighted by Gasteiger charge is 2.38. The minimum Gasteiger partial charge on any atom is -0.465 e. The zero-order valence-electron chi connectivity index (χ0n) is 24.2. The number of carbonyl (C=O) groups is 4. The lowest BCUT2D eigenvalue weighted by molar-refractivity contribution is -0.124. The van der Waals surface area contributed by atoms with Crippen LogP contribution in [0.15, 0.2) is 30.3 Å². The molecule has 1 unspecified atom stereocenters. The van der Waals surface area contributed by atoms with Gasteiger partial charge in [-0.05, 0) is 83.9 Å². The second kappa shape index (κ2) is 12.0. The Balaban J connectivity index is 1.67. The first-order valence-electron chi connectivity index (χ1n) is 13.9. The number of benzene rings is 1. The molecule has 3 amide bonds. The Hall–Kier alpha value is -3.44. The van der Waals surface area contributed by atoms with E-state index in [1.807, 2.05) is 27.7 Å². The van der Waals surface area contributed by atoms with E-state index >= 15 is 0 Å². The van der Waals surface area contributed by atoms with E-state index in [1.165, 1.54) is 23.3 Å². The fraction of sp³-hybridized carbons (Fsp3) is 0.500. The van der Waals surface area contributed by atoms with Gasteiger partial charge in [-0.3, -0.25) is 19.3 Å². The van der Waals surface area contributed by atoms with Gasteiger partial charge < -0.3 is 9.64 Å². The number of amides is 3. The van der Waals surface area contributed by atoms with Crippen molar-refractivity contribution in [2.75, 3.05) is 18.6 Å². The predicted octanol–water partition coefficient (Wildman–Crippen LogP) is 6.17. The van der Waals surface area contributed by atoms with E-state index < -0.39 is 12.0 Å². The number of hydrogen-bond donors (Lipinski definition) is 0. The maximum atomic E-state index is 14.1. The Morgan fingerprint density at radius 3 is 2.25 bits per heavy atom. The van der Waals surface area contributed by atoms with E-state index in [0.29, 0.717) is 38.9 Å². The number of methoxy groups -OCH3 is 1. The lowest BCUT2D eigenvalue weighted by atomic mass is 9.82. The summed E-state index contributed by atoms with van der Waals surface area (Å²) in [5.41, 5.74) is 1.05. The molecule has 1 fully saturated rings. The van der Waals surface area contributed by atoms with E-state index in [9.17, 15) is 19.2 Å². The van der Waals surface area contributed by atoms with E-state index in [-0.39, 0.29) is 35.6 Å². The third-order valence-corrected chi connectivity index (χ3v) is 8.62. The van der Waals surface area contributed by atoms with Crippen molar-refractivity contribution in [2.45, 2.75) is 72.8 Å². The van der Waals surface area contributed by atoms with Crippen molar-refractivity contribution in [3.8, 4) is 11.8 Å². The normalized spacial score (nSPS) is 19.5. The van der Waals surface area contributed by atoms with Crippen molar-refractivity contribution in [2.24, 2.45) is 17.3 Å². The van der Waals surface area contributed by atoms with Crippen LogP contribution in [0.2, 0.25) is 0 Å². The van der Waals surface area contributed by atoms with Crippen LogP contribution in [0.1, 0.15) is 102 Å². The summed E-state index contributed by atoms with van der Waals surface area (Å²) in [5, 5.41) is 0. The van der Waals surface area contributed by atoms with Crippen LogP contribution in [0.5, 0.6) is 0 Å². The Morgan fingerprint density at radius 1 is 1.10 bits per heavy atom. The number of thiophene rings is 1. The smallest absolute Gasteiger partial charge is 0.350 e. The quantitative estimate of drug-likeness (QED) is 0.229. The molecule has 1 aliphatic carbocycles. The van der Waals surface area contributed by atoms with Crippen LogP contribution in [0.4, 0.5) is 5.69 Å². The van der Waals surface area contributed by atoms with Gasteiger partial charge in [-0.15, -0.1) is 11.3 Å². The highest BCUT2D eigenvalue weighted by molar-refractivity contribution is 7.15. The molecule has 0 bridgehead atoms. The molecule has 0 radical (unpaired) electrons. The molecule has 7 nitrogen and oxygen atoms in total. The van der Waals surface area contributed by atoms with Crippen LogP contribution in [0.25, 0.3) is 0 Å². The number of nitrogens with zero attached hydrogens (tertiary/aromatic N) is 2. The van der Waals surface area contributed by atoms with Gasteiger partial charge in [0.1, 0.15) is 4.88 Å². The third-order valence-electron chi connectivity index (χ3n) is 7.60. The molecular weight excluding hydrogens is 524 g/mol. The Morgan fingerprint density at radius 2 is 1.70 bits per heavy atom. The van der Waals surface area contributed by atoms with Gasteiger partial charge in [-0.25, -0.2) is 4.79 Å². The summed E-state index contributed by atoms with van der Waals surface area (Å²) in [7, 11) is 1.33. The minimum atomic E-state index is -0.522. The molecule has 212 valence electrons. The van der Waals surface area contributed by atoms with Crippen molar-refractivity contribution in [1.29, 1.82) is 0 Å². The van der Waals surface area contributed by atoms with Crippen molar-refractivity contribution in [1.82, 2.24) is 4.90 Å². The number of rotatable bonds is 7. The monoisotopic (exact) mass is 562 g/mol. The van der Waals surface area contributed by atoms with Crippen molar-refractivity contribution >= 4 is 40.7 Å². The van der Waals surface area contributed by atoms with Crippen LogP contribution < -0.4 is 4.90 Å². The van der Waals surface area contributed by atoms with Crippen LogP contribution in [0.3, 0.4) is 0 Å². The van der Waals surface area contributed by atoms with Crippen LogP contribution in [-0.4, -0.2) is 48.3 Å². The molecule has 1 aliphatic heterocycles. The molecule has 1 aromatic heterocycles. The van der Waals surface area contributed by atoms with Gasteiger partial charge in [0.05, 0.1) is 28.8 Å². The van der Waals surface area contributed by atoms with E-state index in [1.54, 1.807) is 35.2 Å². The SMILES string of the molecule is COC(=O)c1sc(C#CC(C)(C)C)cc1N(C(=O)C1CCC(C)CC1)C(C)CCN1C(=O)c2ccccc2C1=O. The number of anilines is 1. The third kappa shape index (κ3) is 6.31. The molecule has 0 spiro atoms. The molecule has 1 atom stereocenters. The molecule has 8 heteroatoms. The van der Waals surface area contributed by atoms with Gasteiger partial charge in [-0.1, -0.05) is 30.9 Å². The van der Waals surface area contributed by atoms with Gasteiger partial charge in [0.15, 0.2) is 0 Å². The fourth-order valence-electron chi connectivity index (χ4n) is 5.27. The van der Waals surface area contributed by atoms with Gasteiger partial charge >= 0.3 is 5.97 Å². The molecule has 4 rings (SSSR count). The van der Waals surface area contributed by atoms with Gasteiger partial charge in [0, 0.05) is 23.9 Å². The van der Waals surface area contributed by atoms with Gasteiger partial charge in [0.25, 0.3) is 11.8 Å². The predicted molar refractivity (Wildman–Crippen MR) is 156 cm³/mol. The van der Waals surface area contributed by atoms with E-state index in [0.717, 1.165) is 25.7 Å². The molecule has 2 heterocycles. The Bertz CT molecular complexity index is 1330. The number of imide groups is 1. The molecule has 0 N–H and O–H groups in total. The highest BCUT2D eigenvalue weighted by atomic mass is 32.1. The first-order chi connectivity index (χ1) is 18.9. The molecule has 40 heavy (non-hydrogen) atoms. The Labute approximate surface area is 240 Å². The fourth-order valence-corrected chi connectivity index (χ4v) is 6.20. The number of esters is 1. The average molecular weight is 563 g/mol. The average Bonchev–Trinajstić information content (AvgIpc) is 3.45. The van der Waals surface area contributed by atoms with Crippen LogP contribution in [-0.2, 0) is 9.53 Å². The lowest BCUT2D eigenvalue weighted by Crippen LogP contribution is -2.45. The number of hydrogen-bond acceptors (Lipinski definition) is 6. The minimum absolute atomic E-state index is 0.0416. The first-order valence-corrected chi connectivity index (χ1v) is 14.8. The number of fused-ring (bicyclic) bond motifs is 1. The van der Waals surface area contributed by atoms with E-state index in [2.05, 4.69) is 18.8 Å². The zero-order chi connectivity index (χ0) is 29.2. The summed E-state index contributed by atoms with van der Waals surface area (Å²) in [4.78, 5) is 56.9. The maximum Gasteiger partial charge on any atom is 0.350 e. The van der Waals surface area contributed by atoms with Crippen LogP contribution in [0, 0.1) is 29.1 Å². The summed E-state index contributed by atoms with van der Waals surface area (Å²) in [6.07, 6.45) is 3.89. The first kappa shape index (κ1) is 29.5. The summed E-state index contributed by atoms with van der Waals surface area (Å²) < 4.78 is 5.10. The summed E-state index contributed by atoms with van der Waals surface area (Å²) in [6, 6.07) is 8.22. The highest BCUT2D eigenvalue weighted by Crippen LogP contribution is 2.37. The van der Waals surface area contributed by atoms with Crippen molar-refractivity contribution in [3.63, 3.8) is 0 Å². The van der Waals surface area contributed by atoms with Gasteiger partial charge in [0.2, 0.25) is 5.91 Å². The standard InChI is InChI=1S/C32H38N2O5S/c1-20-11-13-22(14-12-20)28(35)34(26-19-23(15-17-32(3,4)5)40-27(26)31(38)39-6)21(2)16-18-33-29(36)24-9-7-8-10-25(24)30(33)37/h7-10,19-22H,11-14,16,18H2,1-6H3. The maximum absolute atomic E-state index is 14.1. The summed E-state index contributed by atoms with van der Waals surface area (Å²) >= 11 is 1.22. The largest absolute Gasteiger partial charge is 0.465 e. The van der Waals surface area contributed by atoms with Gasteiger partial charge in [-0.2, -0.15) is 0 Å². The summed E-state index contributed by atoms with van der Waals surface area (Å²) in [5.74, 6) is 5.58. The Kier molecular flexibility index (Phi) is 8.84. The zero-order valence-corrected chi connectivity index (χ0v) is 25.0. The van der Waals surface area contributed by atoms with E-state index in [4.69, 9.17) is 4.74 Å². The molecule has 2 aliphatic rings. The lowest BCUT2D eigenvalue weighted by Gasteiger charge is -2.35. The van der Waals surface area contributed by atoms with Crippen molar-refractivity contribution < 1.29 is 23.9 Å². The van der Waals surface area contributed by atoms with Crippen LogP contribution >= 0.6 is 11.3 Å². The second-order valence-corrected chi connectivity index (χ2v) is 13.0.